The van der Waals surface area contributed by atoms with Gasteiger partial charge in [-0.25, -0.2) is 4.39 Å². The molecule has 0 aromatic heterocycles. The zero-order valence-corrected chi connectivity index (χ0v) is 19.7. The normalized spacial score (nSPS) is 21.5. The number of hydrogen-bond acceptors (Lipinski definition) is 5. The number of carbonyl (C=O) groups excluding carboxylic acids is 2. The largest absolute Gasteiger partial charge is 0.497 e. The second kappa shape index (κ2) is 10.5. The van der Waals surface area contributed by atoms with Crippen LogP contribution in [-0.2, 0) is 11.3 Å². The van der Waals surface area contributed by atoms with Gasteiger partial charge in [0.1, 0.15) is 11.6 Å². The Hall–Kier alpha value is -2.97. The number of aliphatic hydroxyl groups excluding tert-OH is 1. The second-order valence-electron chi connectivity index (χ2n) is 9.16. The van der Waals surface area contributed by atoms with Crippen LogP contribution in [0.3, 0.4) is 0 Å². The van der Waals surface area contributed by atoms with Crippen molar-refractivity contribution in [3.8, 4) is 5.75 Å². The van der Waals surface area contributed by atoms with Gasteiger partial charge >= 0.3 is 0 Å². The summed E-state index contributed by atoms with van der Waals surface area (Å²) in [6.45, 7) is 3.56. The summed E-state index contributed by atoms with van der Waals surface area (Å²) in [5, 5.41) is 13.3. The van der Waals surface area contributed by atoms with Crippen LogP contribution in [0.1, 0.15) is 40.7 Å². The van der Waals surface area contributed by atoms with Gasteiger partial charge in [-0.2, -0.15) is 0 Å². The Bertz CT molecular complexity index is 1040. The van der Waals surface area contributed by atoms with Crippen molar-refractivity contribution >= 4 is 11.8 Å². The van der Waals surface area contributed by atoms with E-state index >= 15 is 0 Å². The zero-order valence-electron chi connectivity index (χ0n) is 19.7. The molecule has 2 atom stereocenters. The van der Waals surface area contributed by atoms with Crippen LogP contribution in [0, 0.1) is 12.7 Å². The average molecular weight is 470 g/mol. The van der Waals surface area contributed by atoms with E-state index in [0.29, 0.717) is 56.6 Å². The number of hydrogen-bond donors (Lipinski definition) is 2. The monoisotopic (exact) mass is 469 g/mol. The van der Waals surface area contributed by atoms with E-state index < -0.39 is 12.1 Å². The molecule has 2 aliphatic rings. The van der Waals surface area contributed by atoms with Gasteiger partial charge in [0.15, 0.2) is 0 Å². The van der Waals surface area contributed by atoms with Gasteiger partial charge in [0.25, 0.3) is 5.91 Å². The Morgan fingerprint density at radius 2 is 1.94 bits per heavy atom. The van der Waals surface area contributed by atoms with Crippen molar-refractivity contribution in [3.05, 3.63) is 65.0 Å². The molecule has 0 bridgehead atoms. The summed E-state index contributed by atoms with van der Waals surface area (Å²) < 4.78 is 19.1. The lowest BCUT2D eigenvalue weighted by Crippen LogP contribution is -2.52. The van der Waals surface area contributed by atoms with E-state index in [4.69, 9.17) is 4.74 Å². The van der Waals surface area contributed by atoms with Crippen LogP contribution in [0.15, 0.2) is 42.5 Å². The minimum atomic E-state index is -0.553. The molecule has 0 unspecified atom stereocenters. The Kier molecular flexibility index (Phi) is 7.48. The summed E-state index contributed by atoms with van der Waals surface area (Å²) in [6.07, 6.45) is 1.24. The first-order valence-corrected chi connectivity index (χ1v) is 11.8. The lowest BCUT2D eigenvalue weighted by Gasteiger charge is -2.39. The molecule has 2 saturated heterocycles. The minimum Gasteiger partial charge on any atom is -0.497 e. The molecule has 0 spiro atoms. The molecule has 0 radical (unpaired) electrons. The number of aliphatic hydroxyl groups is 1. The Labute approximate surface area is 199 Å². The molecule has 8 heteroatoms. The summed E-state index contributed by atoms with van der Waals surface area (Å²) in [5.41, 5.74) is 1.81. The first kappa shape index (κ1) is 24.2. The molecule has 2 aliphatic heterocycles. The van der Waals surface area contributed by atoms with E-state index in [1.165, 1.54) is 6.07 Å². The maximum Gasteiger partial charge on any atom is 0.253 e. The third-order valence-corrected chi connectivity index (χ3v) is 6.86. The van der Waals surface area contributed by atoms with Gasteiger partial charge in [0.2, 0.25) is 5.91 Å². The predicted molar refractivity (Wildman–Crippen MR) is 126 cm³/mol. The highest BCUT2D eigenvalue weighted by Gasteiger charge is 2.41. The van der Waals surface area contributed by atoms with E-state index in [1.54, 1.807) is 31.1 Å². The maximum absolute atomic E-state index is 13.9. The molecule has 2 aromatic carbocycles. The first-order valence-electron chi connectivity index (χ1n) is 11.8. The molecule has 0 aliphatic carbocycles. The Morgan fingerprint density at radius 1 is 1.18 bits per heavy atom. The smallest absolute Gasteiger partial charge is 0.253 e. The third-order valence-electron chi connectivity index (χ3n) is 6.86. The van der Waals surface area contributed by atoms with E-state index in [1.807, 2.05) is 24.3 Å². The van der Waals surface area contributed by atoms with Crippen LogP contribution in [0.5, 0.6) is 5.75 Å². The number of amides is 2. The standard InChI is InChI=1S/C26H32FN3O4/c1-17-6-7-19(13-23(17)27)26(33)29-10-8-20(9-11-29)30-16-21(31)14-24(30)25(32)28-15-18-4-3-5-22(12-18)34-2/h3-7,12-13,20-21,24,31H,8-11,14-16H2,1-2H3,(H,28,32)/t21-,24+/m1/s1. The number of aryl methyl sites for hydroxylation is 1. The molecule has 2 fully saturated rings. The molecule has 2 heterocycles. The number of likely N-dealkylation sites (tertiary alicyclic amines) is 2. The van der Waals surface area contributed by atoms with Crippen LogP contribution in [-0.4, -0.2) is 71.7 Å². The van der Waals surface area contributed by atoms with Gasteiger partial charge in [-0.3, -0.25) is 14.5 Å². The highest BCUT2D eigenvalue weighted by Crippen LogP contribution is 2.27. The highest BCUT2D eigenvalue weighted by atomic mass is 19.1. The molecule has 2 amide bonds. The summed E-state index contributed by atoms with van der Waals surface area (Å²) in [6, 6.07) is 11.8. The summed E-state index contributed by atoms with van der Waals surface area (Å²) >= 11 is 0. The van der Waals surface area contributed by atoms with Gasteiger partial charge < -0.3 is 20.1 Å². The van der Waals surface area contributed by atoms with Crippen LogP contribution < -0.4 is 10.1 Å². The van der Waals surface area contributed by atoms with E-state index in [0.717, 1.165) is 11.3 Å². The van der Waals surface area contributed by atoms with E-state index in [9.17, 15) is 19.1 Å². The van der Waals surface area contributed by atoms with Crippen molar-refractivity contribution in [2.24, 2.45) is 0 Å². The topological polar surface area (TPSA) is 82.1 Å². The van der Waals surface area contributed by atoms with Crippen molar-refractivity contribution in [1.29, 1.82) is 0 Å². The van der Waals surface area contributed by atoms with Gasteiger partial charge in [-0.1, -0.05) is 18.2 Å². The molecule has 4 rings (SSSR count). The molecule has 7 nitrogen and oxygen atoms in total. The van der Waals surface area contributed by atoms with Crippen molar-refractivity contribution in [2.75, 3.05) is 26.7 Å². The van der Waals surface area contributed by atoms with Crippen LogP contribution in [0.4, 0.5) is 4.39 Å². The fraction of sp³-hybridized carbons (Fsp3) is 0.462. The van der Waals surface area contributed by atoms with Crippen molar-refractivity contribution in [1.82, 2.24) is 15.1 Å². The lowest BCUT2D eigenvalue weighted by atomic mass is 10.0. The molecule has 34 heavy (non-hydrogen) atoms. The van der Waals surface area contributed by atoms with Crippen molar-refractivity contribution in [3.63, 3.8) is 0 Å². The lowest BCUT2D eigenvalue weighted by molar-refractivity contribution is -0.126. The van der Waals surface area contributed by atoms with Crippen LogP contribution >= 0.6 is 0 Å². The quantitative estimate of drug-likeness (QED) is 0.680. The fourth-order valence-electron chi connectivity index (χ4n) is 4.90. The number of nitrogens with one attached hydrogen (secondary N) is 1. The number of ether oxygens (including phenoxy) is 1. The molecular formula is C26H32FN3O4. The first-order chi connectivity index (χ1) is 16.4. The van der Waals surface area contributed by atoms with Crippen LogP contribution in [0.25, 0.3) is 0 Å². The second-order valence-corrected chi connectivity index (χ2v) is 9.16. The Balaban J connectivity index is 1.34. The number of halogens is 1. The number of rotatable bonds is 6. The van der Waals surface area contributed by atoms with Gasteiger partial charge in [-0.05, 0) is 61.6 Å². The zero-order chi connectivity index (χ0) is 24.2. The third kappa shape index (κ3) is 5.39. The average Bonchev–Trinajstić information content (AvgIpc) is 3.25. The number of β-amino-alcohol motifs (C(OH)–C–C–N with tert-alkyl or cyclic N) is 1. The molecule has 182 valence electrons. The highest BCUT2D eigenvalue weighted by molar-refractivity contribution is 5.94. The van der Waals surface area contributed by atoms with Gasteiger partial charge in [0.05, 0.1) is 19.3 Å². The fourth-order valence-corrected chi connectivity index (χ4v) is 4.90. The van der Waals surface area contributed by atoms with Gasteiger partial charge in [-0.15, -0.1) is 0 Å². The van der Waals surface area contributed by atoms with Crippen molar-refractivity contribution in [2.45, 2.75) is 50.9 Å². The van der Waals surface area contributed by atoms with E-state index in [-0.39, 0.29) is 23.7 Å². The Morgan fingerprint density at radius 3 is 2.65 bits per heavy atom. The number of nitrogens with zero attached hydrogens (tertiary/aromatic N) is 2. The predicted octanol–water partition coefficient (Wildman–Crippen LogP) is 2.50. The molecule has 2 aromatic rings. The number of carbonyl (C=O) groups is 2. The number of methoxy groups -OCH3 is 1. The number of benzene rings is 2. The van der Waals surface area contributed by atoms with Crippen molar-refractivity contribution < 1.29 is 23.8 Å². The molecule has 0 saturated carbocycles. The SMILES string of the molecule is COc1cccc(CNC(=O)[C@@H]2C[C@@H](O)CN2C2CCN(C(=O)c3ccc(C)c(F)c3)CC2)c1. The number of piperidine rings is 1. The minimum absolute atomic E-state index is 0.100. The van der Waals surface area contributed by atoms with Gasteiger partial charge in [0, 0.05) is 37.8 Å². The maximum atomic E-state index is 13.9. The van der Waals surface area contributed by atoms with E-state index in [2.05, 4.69) is 10.2 Å². The summed E-state index contributed by atoms with van der Waals surface area (Å²) in [7, 11) is 1.60. The molecule has 2 N–H and O–H groups in total. The summed E-state index contributed by atoms with van der Waals surface area (Å²) in [5.74, 6) is 0.0772. The molecular weight excluding hydrogens is 437 g/mol. The summed E-state index contributed by atoms with van der Waals surface area (Å²) in [4.78, 5) is 29.6. The van der Waals surface area contributed by atoms with Crippen LogP contribution in [0.2, 0.25) is 0 Å².